The summed E-state index contributed by atoms with van der Waals surface area (Å²) in [4.78, 5) is 12.4. The van der Waals surface area contributed by atoms with Gasteiger partial charge in [0.2, 0.25) is 0 Å². The molecule has 0 saturated heterocycles. The number of aromatic hydroxyl groups is 2. The molecule has 0 aliphatic rings. The number of carbonyl (C=O) groups excluding carboxylic acids is 1. The highest BCUT2D eigenvalue weighted by atomic mass is 16.3. The van der Waals surface area contributed by atoms with Gasteiger partial charge in [-0.1, -0.05) is 71.6 Å². The number of hydrogen-bond donors (Lipinski definition) is 2. The Hall–Kier alpha value is -1.51. The quantitative estimate of drug-likeness (QED) is 0.296. The van der Waals surface area contributed by atoms with Gasteiger partial charge in [0.05, 0.1) is 5.56 Å². The molecule has 0 radical (unpaired) electrons. The molecular weight excluding hydrogens is 312 g/mol. The van der Waals surface area contributed by atoms with E-state index in [0.29, 0.717) is 12.0 Å². The molecule has 0 spiro atoms. The topological polar surface area (TPSA) is 57.5 Å². The zero-order chi connectivity index (χ0) is 18.5. The van der Waals surface area contributed by atoms with Gasteiger partial charge in [-0.2, -0.15) is 0 Å². The van der Waals surface area contributed by atoms with E-state index in [1.54, 1.807) is 6.07 Å². The van der Waals surface area contributed by atoms with Crippen LogP contribution in [0.2, 0.25) is 0 Å². The number of Topliss-reactive ketones (excluding diaryl/α,β-unsaturated/α-hetero) is 1. The lowest BCUT2D eigenvalue weighted by Gasteiger charge is -2.10. The molecule has 0 amide bonds. The predicted octanol–water partition coefficient (Wildman–Crippen LogP) is 6.54. The van der Waals surface area contributed by atoms with Gasteiger partial charge < -0.3 is 10.2 Å². The minimum absolute atomic E-state index is 0.0131. The number of carbonyl (C=O) groups is 1. The van der Waals surface area contributed by atoms with Gasteiger partial charge in [0.1, 0.15) is 11.5 Å². The molecule has 1 aromatic carbocycles. The van der Waals surface area contributed by atoms with Crippen molar-refractivity contribution < 1.29 is 15.0 Å². The van der Waals surface area contributed by atoms with Crippen molar-refractivity contribution in [2.45, 2.75) is 97.3 Å². The summed E-state index contributed by atoms with van der Waals surface area (Å²) in [5.74, 6) is -0.00917. The van der Waals surface area contributed by atoms with Crippen molar-refractivity contribution >= 4 is 5.78 Å². The first-order valence-corrected chi connectivity index (χ1v) is 10.2. The number of phenolic OH excluding ortho intramolecular Hbond substituents is 2. The van der Waals surface area contributed by atoms with E-state index in [-0.39, 0.29) is 17.3 Å². The molecule has 0 aliphatic heterocycles. The molecular formula is C22H36O3. The predicted molar refractivity (Wildman–Crippen MR) is 105 cm³/mol. The lowest BCUT2D eigenvalue weighted by Crippen LogP contribution is -2.01. The standard InChI is InChI=1S/C22H36O3/c1-3-5-7-9-10-11-13-15-20(23)19-16-18(14-12-8-6-4-2)21(24)17-22(19)25/h16-17,24-25H,3-15H2,1-2H3. The first-order valence-electron chi connectivity index (χ1n) is 10.2. The Labute approximate surface area is 153 Å². The van der Waals surface area contributed by atoms with Crippen LogP contribution in [0.15, 0.2) is 12.1 Å². The van der Waals surface area contributed by atoms with Crippen molar-refractivity contribution in [3.63, 3.8) is 0 Å². The van der Waals surface area contributed by atoms with Crippen LogP contribution in [0.4, 0.5) is 0 Å². The molecule has 142 valence electrons. The summed E-state index contributed by atoms with van der Waals surface area (Å²) in [6, 6.07) is 3.02. The molecule has 0 fully saturated rings. The van der Waals surface area contributed by atoms with E-state index in [0.717, 1.165) is 37.7 Å². The number of ketones is 1. The normalized spacial score (nSPS) is 11.0. The summed E-state index contributed by atoms with van der Waals surface area (Å²) in [5, 5.41) is 20.0. The fourth-order valence-electron chi connectivity index (χ4n) is 3.17. The van der Waals surface area contributed by atoms with E-state index in [1.807, 2.05) is 0 Å². The lowest BCUT2D eigenvalue weighted by atomic mass is 9.97. The van der Waals surface area contributed by atoms with Crippen LogP contribution in [0.1, 0.15) is 107 Å². The molecule has 1 aromatic rings. The zero-order valence-corrected chi connectivity index (χ0v) is 16.1. The van der Waals surface area contributed by atoms with Gasteiger partial charge in [-0.3, -0.25) is 4.79 Å². The Morgan fingerprint density at radius 2 is 1.32 bits per heavy atom. The van der Waals surface area contributed by atoms with Crippen LogP contribution in [0, 0.1) is 0 Å². The molecule has 0 bridgehead atoms. The third-order valence-electron chi connectivity index (χ3n) is 4.80. The van der Waals surface area contributed by atoms with Crippen LogP contribution in [-0.4, -0.2) is 16.0 Å². The van der Waals surface area contributed by atoms with Crippen molar-refractivity contribution in [3.8, 4) is 11.5 Å². The van der Waals surface area contributed by atoms with E-state index < -0.39 is 0 Å². The van der Waals surface area contributed by atoms with Crippen LogP contribution in [-0.2, 0) is 6.42 Å². The van der Waals surface area contributed by atoms with Crippen LogP contribution in [0.5, 0.6) is 11.5 Å². The fourth-order valence-corrected chi connectivity index (χ4v) is 3.17. The lowest BCUT2D eigenvalue weighted by molar-refractivity contribution is 0.0976. The highest BCUT2D eigenvalue weighted by Crippen LogP contribution is 2.30. The van der Waals surface area contributed by atoms with Gasteiger partial charge in [-0.25, -0.2) is 0 Å². The SMILES string of the molecule is CCCCCCCCCC(=O)c1cc(CCCCCC)c(O)cc1O. The Morgan fingerprint density at radius 1 is 0.760 bits per heavy atom. The highest BCUT2D eigenvalue weighted by molar-refractivity contribution is 5.99. The van der Waals surface area contributed by atoms with Gasteiger partial charge >= 0.3 is 0 Å². The van der Waals surface area contributed by atoms with E-state index in [1.165, 1.54) is 51.0 Å². The maximum Gasteiger partial charge on any atom is 0.166 e. The summed E-state index contributed by atoms with van der Waals surface area (Å²) >= 11 is 0. The molecule has 3 heteroatoms. The molecule has 0 unspecified atom stereocenters. The summed E-state index contributed by atoms with van der Waals surface area (Å²) in [6.07, 6.45) is 13.9. The first kappa shape index (κ1) is 21.5. The van der Waals surface area contributed by atoms with Crippen molar-refractivity contribution in [2.75, 3.05) is 0 Å². The second kappa shape index (κ2) is 12.8. The van der Waals surface area contributed by atoms with Crippen molar-refractivity contribution in [3.05, 3.63) is 23.3 Å². The van der Waals surface area contributed by atoms with Crippen molar-refractivity contribution in [2.24, 2.45) is 0 Å². The largest absolute Gasteiger partial charge is 0.508 e. The maximum atomic E-state index is 12.4. The first-order chi connectivity index (χ1) is 12.1. The third-order valence-corrected chi connectivity index (χ3v) is 4.80. The zero-order valence-electron chi connectivity index (χ0n) is 16.1. The van der Waals surface area contributed by atoms with Gasteiger partial charge in [-0.15, -0.1) is 0 Å². The number of rotatable bonds is 14. The maximum absolute atomic E-state index is 12.4. The molecule has 0 aromatic heterocycles. The van der Waals surface area contributed by atoms with Crippen molar-refractivity contribution in [1.82, 2.24) is 0 Å². The minimum Gasteiger partial charge on any atom is -0.508 e. The number of phenols is 2. The highest BCUT2D eigenvalue weighted by Gasteiger charge is 2.15. The number of aryl methyl sites for hydroxylation is 1. The molecule has 0 saturated carbocycles. The Balaban J connectivity index is 2.48. The van der Waals surface area contributed by atoms with Gasteiger partial charge in [0.15, 0.2) is 5.78 Å². The molecule has 0 heterocycles. The van der Waals surface area contributed by atoms with Gasteiger partial charge in [0.25, 0.3) is 0 Å². The van der Waals surface area contributed by atoms with Crippen LogP contribution < -0.4 is 0 Å². The van der Waals surface area contributed by atoms with E-state index in [9.17, 15) is 15.0 Å². The Bertz CT molecular complexity index is 508. The third kappa shape index (κ3) is 8.42. The number of benzene rings is 1. The molecule has 3 nitrogen and oxygen atoms in total. The average Bonchev–Trinajstić information content (AvgIpc) is 2.59. The molecule has 2 N–H and O–H groups in total. The molecule has 25 heavy (non-hydrogen) atoms. The molecule has 0 aliphatic carbocycles. The number of unbranched alkanes of at least 4 members (excludes halogenated alkanes) is 9. The Morgan fingerprint density at radius 3 is 1.96 bits per heavy atom. The summed E-state index contributed by atoms with van der Waals surface area (Å²) in [7, 11) is 0. The second-order valence-corrected chi connectivity index (χ2v) is 7.10. The summed E-state index contributed by atoms with van der Waals surface area (Å²) in [5.41, 5.74) is 1.14. The van der Waals surface area contributed by atoms with Gasteiger partial charge in [-0.05, 0) is 30.9 Å². The van der Waals surface area contributed by atoms with E-state index in [2.05, 4.69) is 13.8 Å². The number of hydrogen-bond acceptors (Lipinski definition) is 3. The summed E-state index contributed by atoms with van der Waals surface area (Å²) in [6.45, 7) is 4.37. The fraction of sp³-hybridized carbons (Fsp3) is 0.682. The monoisotopic (exact) mass is 348 g/mol. The average molecular weight is 349 g/mol. The smallest absolute Gasteiger partial charge is 0.166 e. The minimum atomic E-state index is -0.0947. The van der Waals surface area contributed by atoms with Crippen LogP contribution in [0.25, 0.3) is 0 Å². The molecule has 1 rings (SSSR count). The van der Waals surface area contributed by atoms with Crippen LogP contribution >= 0.6 is 0 Å². The van der Waals surface area contributed by atoms with E-state index >= 15 is 0 Å². The summed E-state index contributed by atoms with van der Waals surface area (Å²) < 4.78 is 0. The second-order valence-electron chi connectivity index (χ2n) is 7.10. The van der Waals surface area contributed by atoms with E-state index in [4.69, 9.17) is 0 Å². The van der Waals surface area contributed by atoms with Crippen molar-refractivity contribution in [1.29, 1.82) is 0 Å². The molecule has 0 atom stereocenters. The van der Waals surface area contributed by atoms with Gasteiger partial charge in [0, 0.05) is 12.5 Å². The Kier molecular flexibility index (Phi) is 11.0. The van der Waals surface area contributed by atoms with Crippen LogP contribution in [0.3, 0.4) is 0 Å².